The minimum absolute atomic E-state index is 0.434. The molecule has 0 unspecified atom stereocenters. The van der Waals surface area contributed by atoms with E-state index in [9.17, 15) is 4.79 Å². The lowest BCUT2D eigenvalue weighted by Crippen LogP contribution is -2.10. The van der Waals surface area contributed by atoms with Gasteiger partial charge in [0.25, 0.3) is 0 Å². The van der Waals surface area contributed by atoms with E-state index in [0.29, 0.717) is 23.0 Å². The number of anilines is 1. The number of nitrogens with zero attached hydrogens (tertiary/aromatic N) is 2. The Kier molecular flexibility index (Phi) is 3.84. The van der Waals surface area contributed by atoms with Gasteiger partial charge in [-0.2, -0.15) is 4.98 Å². The Morgan fingerprint density at radius 1 is 1.20 bits per heavy atom. The van der Waals surface area contributed by atoms with E-state index in [2.05, 4.69) is 15.3 Å². The predicted molar refractivity (Wildman–Crippen MR) is 76.1 cm³/mol. The quantitative estimate of drug-likeness (QED) is 0.888. The van der Waals surface area contributed by atoms with Gasteiger partial charge in [-0.25, -0.2) is 4.98 Å². The van der Waals surface area contributed by atoms with Crippen LogP contribution in [0.2, 0.25) is 0 Å². The molecule has 1 heterocycles. The monoisotopic (exact) mass is 272 g/mol. The first-order valence-corrected chi connectivity index (χ1v) is 6.12. The molecule has 0 atom stereocenters. The molecule has 0 aliphatic rings. The Morgan fingerprint density at radius 2 is 1.85 bits per heavy atom. The molecule has 0 aliphatic heterocycles. The SMILES string of the molecule is CNc1nc(C)nc(Oc2ccc(C(N)=O)cc2)c1C. The number of carbonyl (C=O) groups is 1. The van der Waals surface area contributed by atoms with Crippen molar-refractivity contribution in [2.45, 2.75) is 13.8 Å². The molecule has 0 aliphatic carbocycles. The van der Waals surface area contributed by atoms with E-state index < -0.39 is 5.91 Å². The van der Waals surface area contributed by atoms with Crippen molar-refractivity contribution in [1.29, 1.82) is 0 Å². The Bertz CT molecular complexity index is 638. The first kappa shape index (κ1) is 13.8. The fourth-order valence-electron chi connectivity index (χ4n) is 1.74. The normalized spacial score (nSPS) is 10.2. The molecule has 1 aromatic carbocycles. The molecule has 6 nitrogen and oxygen atoms in total. The van der Waals surface area contributed by atoms with Crippen molar-refractivity contribution < 1.29 is 9.53 Å². The smallest absolute Gasteiger partial charge is 0.248 e. The number of hydrogen-bond donors (Lipinski definition) is 2. The van der Waals surface area contributed by atoms with Crippen molar-refractivity contribution in [3.63, 3.8) is 0 Å². The van der Waals surface area contributed by atoms with E-state index in [-0.39, 0.29) is 0 Å². The summed E-state index contributed by atoms with van der Waals surface area (Å²) < 4.78 is 5.72. The fraction of sp³-hybridized carbons (Fsp3) is 0.214. The molecule has 6 heteroatoms. The van der Waals surface area contributed by atoms with Crippen LogP contribution in [0.5, 0.6) is 11.6 Å². The van der Waals surface area contributed by atoms with Crippen molar-refractivity contribution >= 4 is 11.7 Å². The maximum atomic E-state index is 11.0. The number of hydrogen-bond acceptors (Lipinski definition) is 5. The Labute approximate surface area is 117 Å². The van der Waals surface area contributed by atoms with Crippen LogP contribution in [0.25, 0.3) is 0 Å². The highest BCUT2D eigenvalue weighted by molar-refractivity contribution is 5.92. The van der Waals surface area contributed by atoms with Gasteiger partial charge in [-0.15, -0.1) is 0 Å². The number of ether oxygens (including phenoxy) is 1. The molecule has 20 heavy (non-hydrogen) atoms. The highest BCUT2D eigenvalue weighted by Crippen LogP contribution is 2.26. The second-order valence-electron chi connectivity index (χ2n) is 4.29. The molecule has 0 saturated carbocycles. The molecule has 1 aromatic heterocycles. The third kappa shape index (κ3) is 2.85. The van der Waals surface area contributed by atoms with Crippen molar-refractivity contribution in [2.24, 2.45) is 5.73 Å². The lowest BCUT2D eigenvalue weighted by Gasteiger charge is -2.11. The molecule has 0 radical (unpaired) electrons. The van der Waals surface area contributed by atoms with E-state index in [0.717, 1.165) is 11.4 Å². The van der Waals surface area contributed by atoms with Crippen molar-refractivity contribution in [3.8, 4) is 11.6 Å². The number of benzene rings is 1. The van der Waals surface area contributed by atoms with Gasteiger partial charge in [0.1, 0.15) is 17.4 Å². The number of primary amides is 1. The van der Waals surface area contributed by atoms with Crippen LogP contribution in [-0.2, 0) is 0 Å². The number of nitrogens with two attached hydrogens (primary N) is 1. The van der Waals surface area contributed by atoms with Crippen LogP contribution in [0, 0.1) is 13.8 Å². The lowest BCUT2D eigenvalue weighted by molar-refractivity contribution is 0.100. The summed E-state index contributed by atoms with van der Waals surface area (Å²) in [6.07, 6.45) is 0. The van der Waals surface area contributed by atoms with Crippen LogP contribution < -0.4 is 15.8 Å². The third-order valence-electron chi connectivity index (χ3n) is 2.80. The molecule has 0 spiro atoms. The Hall–Kier alpha value is -2.63. The molecule has 2 rings (SSSR count). The predicted octanol–water partition coefficient (Wildman–Crippen LogP) is 2.03. The molecule has 104 valence electrons. The van der Waals surface area contributed by atoms with Crippen LogP contribution >= 0.6 is 0 Å². The highest BCUT2D eigenvalue weighted by Gasteiger charge is 2.10. The highest BCUT2D eigenvalue weighted by atomic mass is 16.5. The van der Waals surface area contributed by atoms with Crippen molar-refractivity contribution in [1.82, 2.24) is 9.97 Å². The van der Waals surface area contributed by atoms with Crippen LogP contribution in [0.15, 0.2) is 24.3 Å². The molecule has 0 saturated heterocycles. The van der Waals surface area contributed by atoms with Crippen molar-refractivity contribution in [3.05, 3.63) is 41.2 Å². The summed E-state index contributed by atoms with van der Waals surface area (Å²) in [6.45, 7) is 3.67. The summed E-state index contributed by atoms with van der Waals surface area (Å²) in [5.74, 6) is 1.93. The second kappa shape index (κ2) is 5.56. The van der Waals surface area contributed by atoms with Gasteiger partial charge in [-0.05, 0) is 38.1 Å². The summed E-state index contributed by atoms with van der Waals surface area (Å²) in [6, 6.07) is 6.58. The number of aromatic nitrogens is 2. The Morgan fingerprint density at radius 3 is 2.40 bits per heavy atom. The van der Waals surface area contributed by atoms with Crippen LogP contribution in [0.3, 0.4) is 0 Å². The van der Waals surface area contributed by atoms with Crippen LogP contribution in [-0.4, -0.2) is 22.9 Å². The van der Waals surface area contributed by atoms with Gasteiger partial charge in [-0.3, -0.25) is 4.79 Å². The average Bonchev–Trinajstić information content (AvgIpc) is 2.43. The van der Waals surface area contributed by atoms with Gasteiger partial charge < -0.3 is 15.8 Å². The summed E-state index contributed by atoms with van der Waals surface area (Å²) in [5.41, 5.74) is 6.44. The summed E-state index contributed by atoms with van der Waals surface area (Å²) in [5, 5.41) is 2.99. The number of rotatable bonds is 4. The molecule has 0 bridgehead atoms. The first-order valence-electron chi connectivity index (χ1n) is 6.12. The number of nitrogens with one attached hydrogen (secondary N) is 1. The summed E-state index contributed by atoms with van der Waals surface area (Å²) in [7, 11) is 1.79. The van der Waals surface area contributed by atoms with Crippen molar-refractivity contribution in [2.75, 3.05) is 12.4 Å². The minimum atomic E-state index is -0.469. The molecule has 2 aromatic rings. The zero-order valence-corrected chi connectivity index (χ0v) is 11.6. The maximum absolute atomic E-state index is 11.0. The Balaban J connectivity index is 2.30. The average molecular weight is 272 g/mol. The lowest BCUT2D eigenvalue weighted by atomic mass is 10.2. The first-order chi connectivity index (χ1) is 9.51. The summed E-state index contributed by atoms with van der Waals surface area (Å²) >= 11 is 0. The van der Waals surface area contributed by atoms with E-state index in [1.165, 1.54) is 0 Å². The largest absolute Gasteiger partial charge is 0.439 e. The minimum Gasteiger partial charge on any atom is -0.439 e. The number of amides is 1. The molecule has 1 amide bonds. The van der Waals surface area contributed by atoms with Crippen LogP contribution in [0.1, 0.15) is 21.7 Å². The topological polar surface area (TPSA) is 90.1 Å². The zero-order valence-electron chi connectivity index (χ0n) is 11.6. The summed E-state index contributed by atoms with van der Waals surface area (Å²) in [4.78, 5) is 19.5. The maximum Gasteiger partial charge on any atom is 0.248 e. The van der Waals surface area contributed by atoms with Gasteiger partial charge in [-0.1, -0.05) is 0 Å². The van der Waals surface area contributed by atoms with Crippen LogP contribution in [0.4, 0.5) is 5.82 Å². The van der Waals surface area contributed by atoms with E-state index in [4.69, 9.17) is 10.5 Å². The van der Waals surface area contributed by atoms with Gasteiger partial charge in [0.15, 0.2) is 0 Å². The standard InChI is InChI=1S/C14H16N4O2/c1-8-13(16-3)17-9(2)18-14(8)20-11-6-4-10(5-7-11)12(15)19/h4-7H,1-3H3,(H2,15,19)(H,16,17,18). The fourth-order valence-corrected chi connectivity index (χ4v) is 1.74. The van der Waals surface area contributed by atoms with Gasteiger partial charge in [0.2, 0.25) is 11.8 Å². The number of aryl methyl sites for hydroxylation is 1. The second-order valence-corrected chi connectivity index (χ2v) is 4.29. The van der Waals surface area contributed by atoms with E-state index in [1.54, 1.807) is 38.2 Å². The molecular weight excluding hydrogens is 256 g/mol. The molecular formula is C14H16N4O2. The number of carbonyl (C=O) groups excluding carboxylic acids is 1. The van der Waals surface area contributed by atoms with Gasteiger partial charge in [0, 0.05) is 12.6 Å². The van der Waals surface area contributed by atoms with E-state index in [1.807, 2.05) is 6.92 Å². The van der Waals surface area contributed by atoms with Gasteiger partial charge >= 0.3 is 0 Å². The third-order valence-corrected chi connectivity index (χ3v) is 2.80. The molecule has 0 fully saturated rings. The molecule has 3 N–H and O–H groups in total. The van der Waals surface area contributed by atoms with E-state index >= 15 is 0 Å². The van der Waals surface area contributed by atoms with Gasteiger partial charge in [0.05, 0.1) is 5.56 Å². The zero-order chi connectivity index (χ0) is 14.7.